The predicted molar refractivity (Wildman–Crippen MR) is 60.6 cm³/mol. The molecule has 0 saturated carbocycles. The summed E-state index contributed by atoms with van der Waals surface area (Å²) >= 11 is 2.05. The molecule has 78 valence electrons. The van der Waals surface area contributed by atoms with Crippen LogP contribution in [0.15, 0.2) is 22.8 Å². The molecule has 0 bridgehead atoms. The van der Waals surface area contributed by atoms with Crippen molar-refractivity contribution in [3.63, 3.8) is 0 Å². The highest BCUT2D eigenvalue weighted by atomic mass is 32.2. The molecule has 0 radical (unpaired) electrons. The monoisotopic (exact) mass is 211 g/mol. The summed E-state index contributed by atoms with van der Waals surface area (Å²) in [6.07, 6.45) is 3.07. The molecule has 1 aliphatic heterocycles. The molecule has 0 aromatic carbocycles. The van der Waals surface area contributed by atoms with E-state index in [0.717, 1.165) is 18.2 Å². The molecule has 0 spiro atoms. The molecule has 1 aromatic heterocycles. The number of rotatable bonds is 4. The van der Waals surface area contributed by atoms with E-state index in [2.05, 4.69) is 30.1 Å². The van der Waals surface area contributed by atoms with Gasteiger partial charge in [-0.2, -0.15) is 11.8 Å². The van der Waals surface area contributed by atoms with Gasteiger partial charge in [-0.3, -0.25) is 0 Å². The minimum Gasteiger partial charge on any atom is -0.468 e. The molecule has 1 N–H and O–H groups in total. The van der Waals surface area contributed by atoms with Crippen LogP contribution in [-0.4, -0.2) is 18.1 Å². The lowest BCUT2D eigenvalue weighted by atomic mass is 9.97. The molecule has 2 unspecified atom stereocenters. The Bertz CT molecular complexity index is 254. The predicted octanol–water partition coefficient (Wildman–Crippen LogP) is 2.68. The maximum Gasteiger partial charge on any atom is 0.120 e. The van der Waals surface area contributed by atoms with Crippen LogP contribution in [0.2, 0.25) is 0 Å². The Kier molecular flexibility index (Phi) is 3.54. The lowest BCUT2D eigenvalue weighted by molar-refractivity contribution is 0.335. The highest BCUT2D eigenvalue weighted by Gasteiger charge is 2.27. The van der Waals surface area contributed by atoms with Crippen molar-refractivity contribution in [3.8, 4) is 0 Å². The highest BCUT2D eigenvalue weighted by Crippen LogP contribution is 2.34. The normalized spacial score (nSPS) is 23.9. The van der Waals surface area contributed by atoms with Crippen molar-refractivity contribution in [1.82, 2.24) is 5.32 Å². The summed E-state index contributed by atoms with van der Waals surface area (Å²) in [4.78, 5) is 0. The quantitative estimate of drug-likeness (QED) is 0.829. The van der Waals surface area contributed by atoms with E-state index in [1.165, 1.54) is 17.9 Å². The molecule has 2 rings (SSSR count). The van der Waals surface area contributed by atoms with Gasteiger partial charge in [-0.1, -0.05) is 6.92 Å². The second-order valence-corrected chi connectivity index (χ2v) is 4.82. The summed E-state index contributed by atoms with van der Waals surface area (Å²) in [7, 11) is 0. The van der Waals surface area contributed by atoms with Gasteiger partial charge in [-0.15, -0.1) is 0 Å². The largest absolute Gasteiger partial charge is 0.468 e. The Labute approximate surface area is 89.4 Å². The van der Waals surface area contributed by atoms with Gasteiger partial charge in [-0.05, 0) is 42.5 Å². The van der Waals surface area contributed by atoms with Crippen molar-refractivity contribution < 1.29 is 4.42 Å². The van der Waals surface area contributed by atoms with Crippen molar-refractivity contribution >= 4 is 11.8 Å². The molecule has 2 atom stereocenters. The summed E-state index contributed by atoms with van der Waals surface area (Å²) in [5.74, 6) is 4.40. The van der Waals surface area contributed by atoms with Gasteiger partial charge in [0.15, 0.2) is 0 Å². The molecule has 2 nitrogen and oxygen atoms in total. The van der Waals surface area contributed by atoms with Crippen molar-refractivity contribution in [3.05, 3.63) is 24.2 Å². The molecular weight excluding hydrogens is 194 g/mol. The SMILES string of the molecule is CCNC(c1ccco1)C1CCSC1. The van der Waals surface area contributed by atoms with Crippen LogP contribution < -0.4 is 5.32 Å². The zero-order chi connectivity index (χ0) is 9.80. The number of hydrogen-bond acceptors (Lipinski definition) is 3. The van der Waals surface area contributed by atoms with Gasteiger partial charge in [0.1, 0.15) is 5.76 Å². The highest BCUT2D eigenvalue weighted by molar-refractivity contribution is 7.99. The Hall–Kier alpha value is -0.410. The van der Waals surface area contributed by atoms with Crippen LogP contribution in [0, 0.1) is 5.92 Å². The maximum absolute atomic E-state index is 5.49. The van der Waals surface area contributed by atoms with Crippen LogP contribution >= 0.6 is 11.8 Å². The topological polar surface area (TPSA) is 25.2 Å². The van der Waals surface area contributed by atoms with Gasteiger partial charge < -0.3 is 9.73 Å². The van der Waals surface area contributed by atoms with Gasteiger partial charge >= 0.3 is 0 Å². The van der Waals surface area contributed by atoms with Crippen LogP contribution in [-0.2, 0) is 0 Å². The van der Waals surface area contributed by atoms with Crippen molar-refractivity contribution in [2.24, 2.45) is 5.92 Å². The molecule has 2 heterocycles. The van der Waals surface area contributed by atoms with Gasteiger partial charge in [0.2, 0.25) is 0 Å². The fourth-order valence-corrected chi connectivity index (χ4v) is 3.30. The van der Waals surface area contributed by atoms with E-state index in [0.29, 0.717) is 6.04 Å². The standard InChI is InChI=1S/C11H17NOS/c1-2-12-11(9-5-7-14-8-9)10-4-3-6-13-10/h3-4,6,9,11-12H,2,5,7-8H2,1H3. The van der Waals surface area contributed by atoms with E-state index in [9.17, 15) is 0 Å². The summed E-state index contributed by atoms with van der Waals surface area (Å²) in [5.41, 5.74) is 0. The van der Waals surface area contributed by atoms with E-state index < -0.39 is 0 Å². The van der Waals surface area contributed by atoms with Crippen molar-refractivity contribution in [2.75, 3.05) is 18.1 Å². The molecule has 0 amide bonds. The number of hydrogen-bond donors (Lipinski definition) is 1. The molecule has 1 saturated heterocycles. The van der Waals surface area contributed by atoms with E-state index in [1.807, 2.05) is 6.07 Å². The summed E-state index contributed by atoms with van der Waals surface area (Å²) < 4.78 is 5.49. The minimum atomic E-state index is 0.421. The average molecular weight is 211 g/mol. The van der Waals surface area contributed by atoms with Crippen LogP contribution in [0.4, 0.5) is 0 Å². The Morgan fingerprint density at radius 1 is 1.71 bits per heavy atom. The van der Waals surface area contributed by atoms with Crippen molar-refractivity contribution in [1.29, 1.82) is 0 Å². The number of nitrogens with one attached hydrogen (secondary N) is 1. The van der Waals surface area contributed by atoms with E-state index >= 15 is 0 Å². The van der Waals surface area contributed by atoms with Gasteiger partial charge in [0, 0.05) is 0 Å². The molecule has 3 heteroatoms. The number of thioether (sulfide) groups is 1. The Balaban J connectivity index is 2.06. The molecule has 1 aromatic rings. The zero-order valence-corrected chi connectivity index (χ0v) is 9.35. The third-order valence-corrected chi connectivity index (χ3v) is 3.90. The van der Waals surface area contributed by atoms with Gasteiger partial charge in [0.05, 0.1) is 12.3 Å². The van der Waals surface area contributed by atoms with Gasteiger partial charge in [-0.25, -0.2) is 0 Å². The molecule has 14 heavy (non-hydrogen) atoms. The molecule has 1 aliphatic rings. The Morgan fingerprint density at radius 2 is 2.64 bits per heavy atom. The second kappa shape index (κ2) is 4.89. The number of furan rings is 1. The smallest absolute Gasteiger partial charge is 0.120 e. The zero-order valence-electron chi connectivity index (χ0n) is 8.53. The average Bonchev–Trinajstić information content (AvgIpc) is 2.87. The van der Waals surface area contributed by atoms with Gasteiger partial charge in [0.25, 0.3) is 0 Å². The van der Waals surface area contributed by atoms with E-state index in [4.69, 9.17) is 4.42 Å². The maximum atomic E-state index is 5.49. The van der Waals surface area contributed by atoms with Crippen LogP contribution in [0.3, 0.4) is 0 Å². The fraction of sp³-hybridized carbons (Fsp3) is 0.636. The third kappa shape index (κ3) is 2.15. The second-order valence-electron chi connectivity index (χ2n) is 3.67. The first-order valence-electron chi connectivity index (χ1n) is 5.26. The molecule has 0 aliphatic carbocycles. The lowest BCUT2D eigenvalue weighted by Gasteiger charge is -2.21. The molecule has 1 fully saturated rings. The summed E-state index contributed by atoms with van der Waals surface area (Å²) in [6, 6.07) is 4.47. The fourth-order valence-electron chi connectivity index (χ4n) is 2.00. The minimum absolute atomic E-state index is 0.421. The van der Waals surface area contributed by atoms with Crippen LogP contribution in [0.1, 0.15) is 25.1 Å². The first-order chi connectivity index (χ1) is 6.92. The molecular formula is C11H17NOS. The summed E-state index contributed by atoms with van der Waals surface area (Å²) in [5, 5.41) is 3.52. The first kappa shape index (κ1) is 10.1. The first-order valence-corrected chi connectivity index (χ1v) is 6.42. The van der Waals surface area contributed by atoms with Crippen LogP contribution in [0.25, 0.3) is 0 Å². The van der Waals surface area contributed by atoms with Crippen molar-refractivity contribution in [2.45, 2.75) is 19.4 Å². The summed E-state index contributed by atoms with van der Waals surface area (Å²) in [6.45, 7) is 3.16. The lowest BCUT2D eigenvalue weighted by Crippen LogP contribution is -2.27. The van der Waals surface area contributed by atoms with E-state index in [1.54, 1.807) is 6.26 Å². The third-order valence-electron chi connectivity index (χ3n) is 2.71. The van der Waals surface area contributed by atoms with E-state index in [-0.39, 0.29) is 0 Å². The Morgan fingerprint density at radius 3 is 3.21 bits per heavy atom. The van der Waals surface area contributed by atoms with Crippen LogP contribution in [0.5, 0.6) is 0 Å².